The highest BCUT2D eigenvalue weighted by molar-refractivity contribution is 7.91. The van der Waals surface area contributed by atoms with Gasteiger partial charge in [-0.05, 0) is 141 Å². The third kappa shape index (κ3) is 12.9. The first-order valence-corrected chi connectivity index (χ1v) is 30.2. The Morgan fingerprint density at radius 3 is 2.46 bits per heavy atom. The van der Waals surface area contributed by atoms with Crippen LogP contribution in [0.25, 0.3) is 33.3 Å². The van der Waals surface area contributed by atoms with Crippen LogP contribution in [-0.2, 0) is 69.0 Å². The number of hydrogen-bond donors (Lipinski definition) is 4. The molecule has 6 atom stereocenters. The van der Waals surface area contributed by atoms with Crippen LogP contribution in [0, 0.1) is 11.3 Å². The molecule has 6 bridgehead atoms. The molecule has 0 unspecified atom stereocenters. The Kier molecular flexibility index (Phi) is 17.8. The summed E-state index contributed by atoms with van der Waals surface area (Å²) in [5, 5.41) is 16.9. The minimum Gasteiger partial charge on any atom is -0.508 e. The maximum Gasteiger partial charge on any atom is 0.324 e. The second-order valence-corrected chi connectivity index (χ2v) is 25.8. The number of rotatable bonds is 14. The zero-order valence-corrected chi connectivity index (χ0v) is 48.4. The van der Waals surface area contributed by atoms with E-state index in [-0.39, 0.29) is 60.7 Å². The van der Waals surface area contributed by atoms with E-state index in [2.05, 4.69) is 59.2 Å². The number of cyclic esters (lactones) is 1. The number of nitrogen functional groups attached to an aromatic ring is 1. The number of aromatic hydroxyl groups is 1. The zero-order valence-electron chi connectivity index (χ0n) is 47.6. The summed E-state index contributed by atoms with van der Waals surface area (Å²) in [4.78, 5) is 67.1. The number of carbonyl (C=O) groups excluding carboxylic acids is 4. The quantitative estimate of drug-likeness (QED) is 0.0667. The van der Waals surface area contributed by atoms with Gasteiger partial charge in [0.15, 0.2) is 9.84 Å². The molecule has 3 amide bonds. The molecule has 5 N–H and O–H groups in total. The number of amides is 3. The number of fused-ring (bicyclic) bond motifs is 6. The number of benzene rings is 3. The summed E-state index contributed by atoms with van der Waals surface area (Å²) in [6.45, 7) is 15.1. The van der Waals surface area contributed by atoms with Gasteiger partial charge in [0.05, 0.1) is 35.6 Å². The molecule has 3 saturated heterocycles. The van der Waals surface area contributed by atoms with Crippen molar-refractivity contribution in [2.75, 3.05) is 70.8 Å². The number of phenolic OH excluding ortho intramolecular Hbond substituents is 1. The molecule has 5 aromatic rings. The summed E-state index contributed by atoms with van der Waals surface area (Å²) in [5.74, 6) is -2.16. The first-order chi connectivity index (χ1) is 38.1. The average molecular weight is 1120 g/mol. The normalized spacial score (nSPS) is 22.4. The molecule has 4 aliphatic rings. The topological polar surface area (TPSA) is 228 Å². The van der Waals surface area contributed by atoms with Gasteiger partial charge in [-0.1, -0.05) is 52.0 Å². The van der Waals surface area contributed by atoms with Crippen LogP contribution in [-0.4, -0.2) is 151 Å². The van der Waals surface area contributed by atoms with Crippen molar-refractivity contribution in [3.8, 4) is 28.1 Å². The molecule has 0 saturated carbocycles. The Balaban J connectivity index is 1.09. The number of ether oxygens (including phenoxy) is 3. The molecule has 430 valence electrons. The van der Waals surface area contributed by atoms with Gasteiger partial charge in [0.1, 0.15) is 30.0 Å². The van der Waals surface area contributed by atoms with E-state index in [1.165, 1.54) is 9.91 Å². The van der Waals surface area contributed by atoms with E-state index >= 15 is 0 Å². The highest BCUT2D eigenvalue weighted by Gasteiger charge is 2.42. The Morgan fingerprint density at radius 2 is 1.75 bits per heavy atom. The van der Waals surface area contributed by atoms with E-state index in [9.17, 15) is 32.7 Å². The molecule has 80 heavy (non-hydrogen) atoms. The molecule has 0 radical (unpaired) electrons. The van der Waals surface area contributed by atoms with E-state index in [0.29, 0.717) is 68.7 Å². The van der Waals surface area contributed by atoms with Crippen molar-refractivity contribution in [3.63, 3.8) is 0 Å². The van der Waals surface area contributed by atoms with Gasteiger partial charge in [0.25, 0.3) is 11.8 Å². The number of esters is 1. The number of anilines is 1. The van der Waals surface area contributed by atoms with Gasteiger partial charge < -0.3 is 44.7 Å². The number of aromatic nitrogens is 2. The number of methoxy groups -OCH3 is 1. The van der Waals surface area contributed by atoms with Crippen LogP contribution in [0.15, 0.2) is 72.9 Å². The molecule has 18 nitrogen and oxygen atoms in total. The molecule has 0 spiro atoms. The Hall–Kier alpha value is -6.38. The minimum absolute atomic E-state index is 0.0272. The number of likely N-dealkylation sites (N-methyl/N-ethyl adjacent to an activating group) is 1. The number of nitrogens with one attached hydrogen (secondary N) is 2. The van der Waals surface area contributed by atoms with Crippen LogP contribution in [0.2, 0.25) is 0 Å². The summed E-state index contributed by atoms with van der Waals surface area (Å²) in [5.41, 5.74) is 17.9. The fraction of sp³-hybridized carbons (Fsp3) is 0.525. The van der Waals surface area contributed by atoms with Crippen molar-refractivity contribution < 1.29 is 46.9 Å². The highest BCUT2D eigenvalue weighted by atomic mass is 32.2. The molecule has 6 heterocycles. The maximum absolute atomic E-state index is 15.0. The number of hydrazine groups is 1. The number of sulfone groups is 1. The lowest BCUT2D eigenvalue weighted by molar-refractivity contribution is -0.155. The van der Waals surface area contributed by atoms with Gasteiger partial charge in [-0.25, -0.2) is 13.8 Å². The van der Waals surface area contributed by atoms with Crippen LogP contribution in [0.5, 0.6) is 5.75 Å². The molecule has 2 aromatic heterocycles. The van der Waals surface area contributed by atoms with Crippen molar-refractivity contribution in [2.24, 2.45) is 11.3 Å². The molecule has 4 aliphatic heterocycles. The second-order valence-electron chi connectivity index (χ2n) is 23.5. The molecule has 3 aromatic carbocycles. The third-order valence-corrected chi connectivity index (χ3v) is 18.2. The van der Waals surface area contributed by atoms with Gasteiger partial charge in [-0.3, -0.25) is 29.2 Å². The highest BCUT2D eigenvalue weighted by Crippen LogP contribution is 2.43. The zero-order chi connectivity index (χ0) is 57.2. The van der Waals surface area contributed by atoms with Crippen molar-refractivity contribution in [3.05, 3.63) is 101 Å². The van der Waals surface area contributed by atoms with Crippen molar-refractivity contribution in [2.45, 2.75) is 129 Å². The van der Waals surface area contributed by atoms with E-state index < -0.39 is 57.3 Å². The van der Waals surface area contributed by atoms with E-state index in [1.807, 2.05) is 51.2 Å². The Bertz CT molecular complexity index is 3200. The van der Waals surface area contributed by atoms with E-state index in [4.69, 9.17) is 24.9 Å². The van der Waals surface area contributed by atoms with Gasteiger partial charge in [0.2, 0.25) is 5.91 Å². The Labute approximate surface area is 470 Å². The van der Waals surface area contributed by atoms with Crippen LogP contribution >= 0.6 is 0 Å². The second kappa shape index (κ2) is 24.4. The number of nitrogens with zero attached hydrogens (tertiary/aromatic N) is 5. The molecular weight excluding hydrogens is 1040 g/mol. The smallest absolute Gasteiger partial charge is 0.324 e. The lowest BCUT2D eigenvalue weighted by atomic mass is 9.84. The third-order valence-electron chi connectivity index (χ3n) is 16.6. The fourth-order valence-corrected chi connectivity index (χ4v) is 13.5. The minimum atomic E-state index is -2.99. The lowest BCUT2D eigenvalue weighted by Gasteiger charge is -2.37. The summed E-state index contributed by atoms with van der Waals surface area (Å²) < 4.78 is 44.8. The van der Waals surface area contributed by atoms with Crippen LogP contribution in [0.4, 0.5) is 5.69 Å². The first kappa shape index (κ1) is 58.3. The number of pyridine rings is 1. The Morgan fingerprint density at radius 1 is 1.00 bits per heavy atom. The van der Waals surface area contributed by atoms with Crippen molar-refractivity contribution >= 4 is 50.1 Å². The summed E-state index contributed by atoms with van der Waals surface area (Å²) in [6.07, 6.45) is 4.27. The molecule has 3 fully saturated rings. The first-order valence-electron chi connectivity index (χ1n) is 28.4. The number of aryl methyl sites for hydroxylation is 2. The standard InChI is InChI=1S/C61H80N8O10S/c1-9-68-52-19-16-42-33-47(52)49(55(68)48-30-39(35-63-53(48)38(4)77-8)12-10-21-67-23-26-80(75,76)27-24-67)34-61(5,6)36-79-60(74)50-13-11-22-69(65-50)58(72)51(31-40-28-43(42)32-45(70)29-40)64-57(71)54(37(2)3)66(7)59(73)56-46(20-25-78-56)41-14-17-44(62)18-15-41/h14-19,28-30,32-33,35,37-38,46,50-51,54,56,65,70H,9-13,20-27,31,34,36,62H2,1-8H3,(H,64,71)/t38-,46+,50-,51-,54-,56+/m0/s1. The number of phenols is 1. The van der Waals surface area contributed by atoms with Crippen LogP contribution < -0.4 is 16.5 Å². The van der Waals surface area contributed by atoms with E-state index in [1.54, 1.807) is 38.4 Å². The largest absolute Gasteiger partial charge is 0.508 e. The van der Waals surface area contributed by atoms with Crippen molar-refractivity contribution in [1.29, 1.82) is 0 Å². The number of hydrogen-bond acceptors (Lipinski definition) is 14. The average Bonchev–Trinajstić information content (AvgIpc) is 4.14. The summed E-state index contributed by atoms with van der Waals surface area (Å²) >= 11 is 0. The summed E-state index contributed by atoms with van der Waals surface area (Å²) in [7, 11) is 0.281. The summed E-state index contributed by atoms with van der Waals surface area (Å²) in [6, 6.07) is 18.0. The van der Waals surface area contributed by atoms with Crippen LogP contribution in [0.3, 0.4) is 0 Å². The lowest BCUT2D eigenvalue weighted by Crippen LogP contribution is -2.62. The van der Waals surface area contributed by atoms with Gasteiger partial charge in [-0.15, -0.1) is 0 Å². The predicted molar refractivity (Wildman–Crippen MR) is 308 cm³/mol. The maximum atomic E-state index is 15.0. The van der Waals surface area contributed by atoms with Gasteiger partial charge >= 0.3 is 5.97 Å². The molecule has 19 heteroatoms. The SMILES string of the molecule is CCn1c(-c2cc(CCCN3CCS(=O)(=O)CC3)cnc2[C@H](C)OC)c2c3cc(ccc31)-c1cc(O)cc(c1)C[C@H](NC(=O)[C@H](C(C)C)N(C)C(=O)[C@@H]1OCC[C@@H]1c1ccc(N)cc1)C(=O)N1CCC[C@H](N1)C(=O)OCC(C)(C)C2. The number of nitrogens with two attached hydrogens (primary N) is 1. The molecule has 9 rings (SSSR count). The van der Waals surface area contributed by atoms with Gasteiger partial charge in [0, 0.05) is 93.0 Å². The van der Waals surface area contributed by atoms with E-state index in [0.717, 1.165) is 69.5 Å². The fourth-order valence-electron chi connectivity index (χ4n) is 12.2. The monoisotopic (exact) mass is 1120 g/mol. The molecular formula is C61H80N8O10S. The van der Waals surface area contributed by atoms with Gasteiger partial charge in [-0.2, -0.15) is 0 Å². The predicted octanol–water partition coefficient (Wildman–Crippen LogP) is 6.75. The molecule has 0 aliphatic carbocycles. The van der Waals surface area contributed by atoms with Crippen molar-refractivity contribution in [1.82, 2.24) is 35.1 Å². The number of carbonyl (C=O) groups is 4. The van der Waals surface area contributed by atoms with Crippen LogP contribution in [0.1, 0.15) is 107 Å².